The quantitative estimate of drug-likeness (QED) is 0.833. The van der Waals surface area contributed by atoms with Crippen LogP contribution in [0, 0.1) is 0 Å². The minimum Gasteiger partial charge on any atom is -0.481 e. The van der Waals surface area contributed by atoms with Crippen LogP contribution in [0.1, 0.15) is 26.1 Å². The van der Waals surface area contributed by atoms with Gasteiger partial charge >= 0.3 is 11.7 Å². The molecular weight excluding hydrogens is 276 g/mol. The van der Waals surface area contributed by atoms with E-state index < -0.39 is 17.2 Å². The second-order valence-electron chi connectivity index (χ2n) is 4.81. The first kappa shape index (κ1) is 15.0. The second-order valence-corrected chi connectivity index (χ2v) is 4.81. The van der Waals surface area contributed by atoms with Crippen LogP contribution in [0.3, 0.4) is 0 Å². The molecule has 0 fully saturated rings. The zero-order chi connectivity index (χ0) is 15.7. The summed E-state index contributed by atoms with van der Waals surface area (Å²) in [6.45, 7) is 4.56. The van der Waals surface area contributed by atoms with Gasteiger partial charge < -0.3 is 9.67 Å². The number of hydrogen-bond donors (Lipinski definition) is 1. The van der Waals surface area contributed by atoms with Crippen molar-refractivity contribution in [3.63, 3.8) is 0 Å². The highest BCUT2D eigenvalue weighted by molar-refractivity contribution is 5.74. The number of hydrogen-bond acceptors (Lipinski definition) is 4. The fourth-order valence-electron chi connectivity index (χ4n) is 2.44. The molecule has 0 spiro atoms. The summed E-state index contributed by atoms with van der Waals surface area (Å²) in [5.74, 6) is -0.742. The first-order chi connectivity index (χ1) is 9.92. The molecule has 2 heterocycles. The smallest absolute Gasteiger partial charge is 0.332 e. The van der Waals surface area contributed by atoms with Gasteiger partial charge in [0.15, 0.2) is 11.2 Å². The number of fused-ring (bicyclic) bond motifs is 1. The van der Waals surface area contributed by atoms with E-state index in [0.29, 0.717) is 19.5 Å². The molecule has 0 amide bonds. The SMILES string of the molecule is CCCn1c(=O)n(C)c(=O)c2c1nc(CC(=O)O)n2CC. The van der Waals surface area contributed by atoms with E-state index in [1.807, 2.05) is 6.92 Å². The van der Waals surface area contributed by atoms with Crippen molar-refractivity contribution in [1.29, 1.82) is 0 Å². The van der Waals surface area contributed by atoms with Gasteiger partial charge in [0.25, 0.3) is 5.56 Å². The van der Waals surface area contributed by atoms with Crippen LogP contribution in [-0.2, 0) is 31.4 Å². The molecule has 0 saturated carbocycles. The third kappa shape index (κ3) is 2.37. The molecule has 1 N–H and O–H groups in total. The Balaban J connectivity index is 2.92. The number of carboxylic acids is 1. The number of nitrogens with zero attached hydrogens (tertiary/aromatic N) is 4. The van der Waals surface area contributed by atoms with Crippen LogP contribution in [-0.4, -0.2) is 29.8 Å². The summed E-state index contributed by atoms with van der Waals surface area (Å²) in [5.41, 5.74) is -0.335. The second kappa shape index (κ2) is 5.55. The lowest BCUT2D eigenvalue weighted by atomic mass is 10.4. The normalized spacial score (nSPS) is 11.2. The Hall–Kier alpha value is -2.38. The fourth-order valence-corrected chi connectivity index (χ4v) is 2.44. The summed E-state index contributed by atoms with van der Waals surface area (Å²) >= 11 is 0. The third-order valence-corrected chi connectivity index (χ3v) is 3.38. The van der Waals surface area contributed by atoms with E-state index in [4.69, 9.17) is 5.11 Å². The fraction of sp³-hybridized carbons (Fsp3) is 0.538. The molecule has 2 rings (SSSR count). The van der Waals surface area contributed by atoms with E-state index >= 15 is 0 Å². The van der Waals surface area contributed by atoms with Crippen LogP contribution in [0.4, 0.5) is 0 Å². The van der Waals surface area contributed by atoms with Crippen LogP contribution in [0.15, 0.2) is 9.59 Å². The van der Waals surface area contributed by atoms with Crippen molar-refractivity contribution in [2.75, 3.05) is 0 Å². The van der Waals surface area contributed by atoms with Crippen molar-refractivity contribution in [3.05, 3.63) is 26.7 Å². The van der Waals surface area contributed by atoms with Crippen LogP contribution < -0.4 is 11.2 Å². The molecule has 0 aliphatic rings. The van der Waals surface area contributed by atoms with Gasteiger partial charge in [0.1, 0.15) is 12.2 Å². The van der Waals surface area contributed by atoms with Gasteiger partial charge in [-0.2, -0.15) is 0 Å². The van der Waals surface area contributed by atoms with Crippen LogP contribution >= 0.6 is 0 Å². The molecule has 2 aromatic rings. The van der Waals surface area contributed by atoms with Gasteiger partial charge in [0, 0.05) is 20.1 Å². The molecule has 0 bridgehead atoms. The van der Waals surface area contributed by atoms with Crippen molar-refractivity contribution in [1.82, 2.24) is 18.7 Å². The van der Waals surface area contributed by atoms with E-state index in [1.165, 1.54) is 11.6 Å². The van der Waals surface area contributed by atoms with Crippen molar-refractivity contribution in [2.24, 2.45) is 7.05 Å². The Morgan fingerprint density at radius 2 is 1.90 bits per heavy atom. The Morgan fingerprint density at radius 3 is 2.43 bits per heavy atom. The predicted molar refractivity (Wildman–Crippen MR) is 76.5 cm³/mol. The molecule has 0 aliphatic carbocycles. The summed E-state index contributed by atoms with van der Waals surface area (Å²) in [5, 5.41) is 8.96. The maximum absolute atomic E-state index is 12.3. The number of carboxylic acid groups (broad SMARTS) is 1. The largest absolute Gasteiger partial charge is 0.481 e. The van der Waals surface area contributed by atoms with Crippen molar-refractivity contribution < 1.29 is 9.90 Å². The standard InChI is InChI=1S/C13H18N4O4/c1-4-6-17-11-10(12(20)15(3)13(17)21)16(5-2)8(14-11)7-9(18)19/h4-7H2,1-3H3,(H,18,19). The van der Waals surface area contributed by atoms with Gasteiger partial charge in [-0.1, -0.05) is 6.92 Å². The molecule has 8 nitrogen and oxygen atoms in total. The minimum absolute atomic E-state index is 0.267. The Bertz CT molecular complexity index is 812. The van der Waals surface area contributed by atoms with Gasteiger partial charge in [-0.3, -0.25) is 18.7 Å². The maximum Gasteiger partial charge on any atom is 0.332 e. The molecule has 0 unspecified atom stereocenters. The Morgan fingerprint density at radius 1 is 1.24 bits per heavy atom. The monoisotopic (exact) mass is 294 g/mol. The third-order valence-electron chi connectivity index (χ3n) is 3.38. The average molecular weight is 294 g/mol. The first-order valence-corrected chi connectivity index (χ1v) is 6.83. The lowest BCUT2D eigenvalue weighted by Crippen LogP contribution is -2.38. The van der Waals surface area contributed by atoms with Gasteiger partial charge in [0.05, 0.1) is 0 Å². The molecule has 8 heteroatoms. The van der Waals surface area contributed by atoms with Crippen molar-refractivity contribution >= 4 is 17.1 Å². The van der Waals surface area contributed by atoms with Gasteiger partial charge in [0.2, 0.25) is 0 Å². The van der Waals surface area contributed by atoms with Crippen LogP contribution in [0.5, 0.6) is 0 Å². The van der Waals surface area contributed by atoms with Crippen molar-refractivity contribution in [3.8, 4) is 0 Å². The number of carbonyl (C=O) groups is 1. The number of aryl methyl sites for hydroxylation is 2. The molecule has 0 aliphatic heterocycles. The number of imidazole rings is 1. The Kier molecular flexibility index (Phi) is 3.97. The van der Waals surface area contributed by atoms with Crippen LogP contribution in [0.25, 0.3) is 11.2 Å². The molecule has 2 aromatic heterocycles. The van der Waals surface area contributed by atoms with E-state index in [9.17, 15) is 14.4 Å². The number of aromatic nitrogens is 4. The topological polar surface area (TPSA) is 99.1 Å². The molecule has 21 heavy (non-hydrogen) atoms. The highest BCUT2D eigenvalue weighted by Gasteiger charge is 2.20. The number of rotatable bonds is 5. The summed E-state index contributed by atoms with van der Waals surface area (Å²) < 4.78 is 4.03. The summed E-state index contributed by atoms with van der Waals surface area (Å²) in [6, 6.07) is 0. The highest BCUT2D eigenvalue weighted by atomic mass is 16.4. The maximum atomic E-state index is 12.3. The average Bonchev–Trinajstić information content (AvgIpc) is 2.78. The molecule has 0 radical (unpaired) electrons. The zero-order valence-electron chi connectivity index (χ0n) is 12.3. The van der Waals surface area contributed by atoms with Gasteiger partial charge in [-0.15, -0.1) is 0 Å². The lowest BCUT2D eigenvalue weighted by molar-refractivity contribution is -0.136. The first-order valence-electron chi connectivity index (χ1n) is 6.83. The number of aliphatic carboxylic acids is 1. The predicted octanol–water partition coefficient (Wildman–Crippen LogP) is -0.0463. The van der Waals surface area contributed by atoms with Crippen molar-refractivity contribution in [2.45, 2.75) is 39.8 Å². The summed E-state index contributed by atoms with van der Waals surface area (Å²) in [7, 11) is 1.42. The summed E-state index contributed by atoms with van der Waals surface area (Å²) in [6.07, 6.45) is 0.423. The minimum atomic E-state index is -1.03. The van der Waals surface area contributed by atoms with Gasteiger partial charge in [-0.25, -0.2) is 9.78 Å². The van der Waals surface area contributed by atoms with E-state index in [0.717, 1.165) is 4.57 Å². The van der Waals surface area contributed by atoms with Crippen LogP contribution in [0.2, 0.25) is 0 Å². The molecular formula is C13H18N4O4. The Labute approximate surface area is 120 Å². The van der Waals surface area contributed by atoms with E-state index in [1.54, 1.807) is 11.5 Å². The molecule has 0 saturated heterocycles. The molecule has 114 valence electrons. The summed E-state index contributed by atoms with van der Waals surface area (Å²) in [4.78, 5) is 39.7. The molecule has 0 atom stereocenters. The van der Waals surface area contributed by atoms with E-state index in [2.05, 4.69) is 4.98 Å². The lowest BCUT2D eigenvalue weighted by Gasteiger charge is -2.08. The highest BCUT2D eigenvalue weighted by Crippen LogP contribution is 2.12. The zero-order valence-corrected chi connectivity index (χ0v) is 12.3. The van der Waals surface area contributed by atoms with E-state index in [-0.39, 0.29) is 23.4 Å². The van der Waals surface area contributed by atoms with Gasteiger partial charge in [-0.05, 0) is 13.3 Å². The molecule has 0 aromatic carbocycles.